The fourth-order valence-electron chi connectivity index (χ4n) is 1.46. The molecule has 2 heteroatoms. The first kappa shape index (κ1) is 9.78. The molecule has 13 heavy (non-hydrogen) atoms. The van der Waals surface area contributed by atoms with Crippen LogP contribution in [0.3, 0.4) is 0 Å². The maximum Gasteiger partial charge on any atom is 0.150 e. The minimum atomic E-state index is 0.302. The van der Waals surface area contributed by atoms with Crippen LogP contribution in [0, 0.1) is 0 Å². The van der Waals surface area contributed by atoms with Crippen LogP contribution in [-0.2, 0) is 0 Å². The van der Waals surface area contributed by atoms with E-state index in [0.29, 0.717) is 11.5 Å². The topological polar surface area (TPSA) is 26.3 Å². The van der Waals surface area contributed by atoms with Gasteiger partial charge < -0.3 is 4.74 Å². The summed E-state index contributed by atoms with van der Waals surface area (Å²) in [5, 5.41) is 0. The van der Waals surface area contributed by atoms with Gasteiger partial charge in [0.1, 0.15) is 12.0 Å². The second kappa shape index (κ2) is 4.08. The first-order chi connectivity index (χ1) is 6.20. The lowest BCUT2D eigenvalue weighted by molar-refractivity contribution is 0.112. The second-order valence-electron chi connectivity index (χ2n) is 3.24. The van der Waals surface area contributed by atoms with Gasteiger partial charge in [-0.15, -0.1) is 0 Å². The van der Waals surface area contributed by atoms with Crippen molar-refractivity contribution >= 4 is 6.29 Å². The van der Waals surface area contributed by atoms with E-state index in [0.717, 1.165) is 17.6 Å². The summed E-state index contributed by atoms with van der Waals surface area (Å²) in [4.78, 5) is 10.7. The van der Waals surface area contributed by atoms with Gasteiger partial charge in [0.2, 0.25) is 0 Å². The molecule has 1 aromatic rings. The van der Waals surface area contributed by atoms with Crippen LogP contribution in [-0.4, -0.2) is 13.4 Å². The number of methoxy groups -OCH3 is 1. The lowest BCUT2D eigenvalue weighted by Gasteiger charge is -2.13. The van der Waals surface area contributed by atoms with E-state index in [-0.39, 0.29) is 0 Å². The molecule has 0 heterocycles. The van der Waals surface area contributed by atoms with Gasteiger partial charge in [0.25, 0.3) is 0 Å². The van der Waals surface area contributed by atoms with Gasteiger partial charge in [-0.05, 0) is 12.0 Å². The highest BCUT2D eigenvalue weighted by Crippen LogP contribution is 2.28. The van der Waals surface area contributed by atoms with Crippen LogP contribution in [0.2, 0.25) is 0 Å². The predicted molar refractivity (Wildman–Crippen MR) is 52.5 cm³/mol. The lowest BCUT2D eigenvalue weighted by Crippen LogP contribution is -1.99. The fraction of sp³-hybridized carbons (Fsp3) is 0.364. The van der Waals surface area contributed by atoms with Crippen LogP contribution in [0.15, 0.2) is 18.2 Å². The Labute approximate surface area is 78.5 Å². The Morgan fingerprint density at radius 3 is 2.54 bits per heavy atom. The minimum Gasteiger partial charge on any atom is -0.496 e. The Hall–Kier alpha value is -1.31. The Morgan fingerprint density at radius 2 is 2.08 bits per heavy atom. The molecule has 0 saturated carbocycles. The molecule has 1 rings (SSSR count). The standard InChI is InChI=1S/C11H14O2/c1-8(2)11-9(7-12)5-4-6-10(11)13-3/h4-8H,1-3H3. The molecule has 0 radical (unpaired) electrons. The fourth-order valence-corrected chi connectivity index (χ4v) is 1.46. The molecular weight excluding hydrogens is 164 g/mol. The summed E-state index contributed by atoms with van der Waals surface area (Å²) in [6.45, 7) is 4.09. The van der Waals surface area contributed by atoms with Crippen LogP contribution in [0.25, 0.3) is 0 Å². The van der Waals surface area contributed by atoms with Crippen LogP contribution in [0.5, 0.6) is 5.75 Å². The van der Waals surface area contributed by atoms with E-state index in [2.05, 4.69) is 0 Å². The molecule has 0 saturated heterocycles. The van der Waals surface area contributed by atoms with Crippen molar-refractivity contribution in [2.75, 3.05) is 7.11 Å². The van der Waals surface area contributed by atoms with Crippen LogP contribution in [0.1, 0.15) is 35.7 Å². The average Bonchev–Trinajstić information content (AvgIpc) is 2.16. The zero-order valence-corrected chi connectivity index (χ0v) is 8.20. The highest BCUT2D eigenvalue weighted by Gasteiger charge is 2.11. The quantitative estimate of drug-likeness (QED) is 0.665. The molecule has 2 nitrogen and oxygen atoms in total. The van der Waals surface area contributed by atoms with E-state index in [9.17, 15) is 4.79 Å². The molecule has 0 bridgehead atoms. The van der Waals surface area contributed by atoms with Gasteiger partial charge in [-0.2, -0.15) is 0 Å². The summed E-state index contributed by atoms with van der Waals surface area (Å²) in [6.07, 6.45) is 0.873. The molecule has 0 spiro atoms. The number of aldehydes is 1. The van der Waals surface area contributed by atoms with E-state index in [1.807, 2.05) is 32.0 Å². The number of hydrogen-bond donors (Lipinski definition) is 0. The van der Waals surface area contributed by atoms with Gasteiger partial charge in [-0.25, -0.2) is 0 Å². The molecule has 0 aromatic heterocycles. The predicted octanol–water partition coefficient (Wildman–Crippen LogP) is 2.63. The van der Waals surface area contributed by atoms with Crippen molar-refractivity contribution in [3.05, 3.63) is 29.3 Å². The van der Waals surface area contributed by atoms with E-state index in [1.54, 1.807) is 7.11 Å². The first-order valence-corrected chi connectivity index (χ1v) is 4.32. The highest BCUT2D eigenvalue weighted by atomic mass is 16.5. The summed E-state index contributed by atoms with van der Waals surface area (Å²) >= 11 is 0. The normalized spacial score (nSPS) is 10.2. The molecule has 70 valence electrons. The van der Waals surface area contributed by atoms with Crippen molar-refractivity contribution < 1.29 is 9.53 Å². The molecule has 0 unspecified atom stereocenters. The van der Waals surface area contributed by atoms with Gasteiger partial charge in [0, 0.05) is 11.1 Å². The number of hydrogen-bond acceptors (Lipinski definition) is 2. The van der Waals surface area contributed by atoms with E-state index in [1.165, 1.54) is 0 Å². The van der Waals surface area contributed by atoms with Crippen molar-refractivity contribution in [3.63, 3.8) is 0 Å². The molecule has 0 aliphatic heterocycles. The second-order valence-corrected chi connectivity index (χ2v) is 3.24. The third kappa shape index (κ3) is 1.89. The molecule has 0 atom stereocenters. The van der Waals surface area contributed by atoms with Crippen molar-refractivity contribution in [2.24, 2.45) is 0 Å². The third-order valence-electron chi connectivity index (χ3n) is 2.02. The van der Waals surface area contributed by atoms with Crippen molar-refractivity contribution in [1.29, 1.82) is 0 Å². The molecular formula is C11H14O2. The zero-order chi connectivity index (χ0) is 9.84. The van der Waals surface area contributed by atoms with Gasteiger partial charge >= 0.3 is 0 Å². The number of benzene rings is 1. The minimum absolute atomic E-state index is 0.302. The smallest absolute Gasteiger partial charge is 0.150 e. The van der Waals surface area contributed by atoms with E-state index in [4.69, 9.17) is 4.74 Å². The monoisotopic (exact) mass is 178 g/mol. The third-order valence-corrected chi connectivity index (χ3v) is 2.02. The molecule has 0 fully saturated rings. The molecule has 0 N–H and O–H groups in total. The number of ether oxygens (including phenoxy) is 1. The molecule has 0 aliphatic rings. The van der Waals surface area contributed by atoms with Gasteiger partial charge in [0.05, 0.1) is 7.11 Å². The van der Waals surface area contributed by atoms with Crippen molar-refractivity contribution in [2.45, 2.75) is 19.8 Å². The zero-order valence-electron chi connectivity index (χ0n) is 8.20. The van der Waals surface area contributed by atoms with Crippen molar-refractivity contribution in [3.8, 4) is 5.75 Å². The van der Waals surface area contributed by atoms with E-state index < -0.39 is 0 Å². The maximum absolute atomic E-state index is 10.7. The van der Waals surface area contributed by atoms with Gasteiger partial charge in [0.15, 0.2) is 0 Å². The lowest BCUT2D eigenvalue weighted by atomic mass is 9.97. The maximum atomic E-state index is 10.7. The molecule has 0 amide bonds. The van der Waals surface area contributed by atoms with Crippen LogP contribution in [0.4, 0.5) is 0 Å². The Bertz CT molecular complexity index is 303. The van der Waals surface area contributed by atoms with Gasteiger partial charge in [-0.1, -0.05) is 26.0 Å². The number of carbonyl (C=O) groups is 1. The van der Waals surface area contributed by atoms with Gasteiger partial charge in [-0.3, -0.25) is 4.79 Å². The van der Waals surface area contributed by atoms with E-state index >= 15 is 0 Å². The summed E-state index contributed by atoms with van der Waals surface area (Å²) in [7, 11) is 1.62. The molecule has 0 aliphatic carbocycles. The Kier molecular flexibility index (Phi) is 3.07. The first-order valence-electron chi connectivity index (χ1n) is 4.32. The summed E-state index contributed by atoms with van der Waals surface area (Å²) in [6, 6.07) is 5.52. The SMILES string of the molecule is COc1cccc(C=O)c1C(C)C. The molecule has 1 aromatic carbocycles. The largest absolute Gasteiger partial charge is 0.496 e. The van der Waals surface area contributed by atoms with Crippen LogP contribution < -0.4 is 4.74 Å². The number of rotatable bonds is 3. The number of carbonyl (C=O) groups excluding carboxylic acids is 1. The highest BCUT2D eigenvalue weighted by molar-refractivity contribution is 5.79. The summed E-state index contributed by atoms with van der Waals surface area (Å²) < 4.78 is 5.19. The van der Waals surface area contributed by atoms with Crippen LogP contribution >= 0.6 is 0 Å². The van der Waals surface area contributed by atoms with Crippen molar-refractivity contribution in [1.82, 2.24) is 0 Å². The summed E-state index contributed by atoms with van der Waals surface area (Å²) in [5.41, 5.74) is 1.70. The Morgan fingerprint density at radius 1 is 1.38 bits per heavy atom. The average molecular weight is 178 g/mol. The Balaban J connectivity index is 3.29. The summed E-state index contributed by atoms with van der Waals surface area (Å²) in [5.74, 6) is 1.09.